The Morgan fingerprint density at radius 1 is 1.33 bits per heavy atom. The molecule has 4 heteroatoms. The van der Waals surface area contributed by atoms with E-state index in [-0.39, 0.29) is 0 Å². The van der Waals surface area contributed by atoms with Gasteiger partial charge in [-0.1, -0.05) is 13.8 Å². The summed E-state index contributed by atoms with van der Waals surface area (Å²) in [6.07, 6.45) is 0.993. The van der Waals surface area contributed by atoms with Gasteiger partial charge in [-0.3, -0.25) is 4.99 Å². The standard InChI is InChI=1S/C11H25N3O/c1-9(2)10(3)14-11(12-4)13-7-6-8-15-5/h9-10H,6-8H2,1-5H3,(H2,12,13,14). The molecule has 0 saturated carbocycles. The smallest absolute Gasteiger partial charge is 0.191 e. The summed E-state index contributed by atoms with van der Waals surface area (Å²) in [7, 11) is 3.51. The second kappa shape index (κ2) is 8.53. The Morgan fingerprint density at radius 3 is 2.47 bits per heavy atom. The Morgan fingerprint density at radius 2 is 2.00 bits per heavy atom. The van der Waals surface area contributed by atoms with Gasteiger partial charge in [0.25, 0.3) is 0 Å². The average Bonchev–Trinajstić information content (AvgIpc) is 2.22. The summed E-state index contributed by atoms with van der Waals surface area (Å²) in [6, 6.07) is 0.429. The van der Waals surface area contributed by atoms with Crippen LogP contribution in [-0.4, -0.2) is 39.3 Å². The van der Waals surface area contributed by atoms with E-state index in [9.17, 15) is 0 Å². The lowest BCUT2D eigenvalue weighted by Gasteiger charge is -2.20. The van der Waals surface area contributed by atoms with E-state index in [1.165, 1.54) is 0 Å². The van der Waals surface area contributed by atoms with Gasteiger partial charge >= 0.3 is 0 Å². The first kappa shape index (κ1) is 14.2. The fraction of sp³-hybridized carbons (Fsp3) is 0.909. The van der Waals surface area contributed by atoms with Crippen molar-refractivity contribution >= 4 is 5.96 Å². The minimum atomic E-state index is 0.429. The molecule has 0 saturated heterocycles. The number of aliphatic imine (C=N–C) groups is 1. The first-order valence-corrected chi connectivity index (χ1v) is 5.58. The normalized spacial score (nSPS) is 14.1. The summed E-state index contributed by atoms with van der Waals surface area (Å²) in [5.74, 6) is 1.47. The molecule has 0 heterocycles. The van der Waals surface area contributed by atoms with Crippen LogP contribution in [0.4, 0.5) is 0 Å². The monoisotopic (exact) mass is 215 g/mol. The van der Waals surface area contributed by atoms with Crippen LogP contribution in [0, 0.1) is 5.92 Å². The predicted octanol–water partition coefficient (Wildman–Crippen LogP) is 1.23. The highest BCUT2D eigenvalue weighted by Crippen LogP contribution is 1.98. The third-order valence-corrected chi connectivity index (χ3v) is 2.41. The van der Waals surface area contributed by atoms with Crippen molar-refractivity contribution in [1.82, 2.24) is 10.6 Å². The van der Waals surface area contributed by atoms with Gasteiger partial charge in [0.15, 0.2) is 5.96 Å². The number of methoxy groups -OCH3 is 1. The zero-order valence-corrected chi connectivity index (χ0v) is 10.6. The first-order chi connectivity index (χ1) is 7.11. The molecule has 2 N–H and O–H groups in total. The van der Waals surface area contributed by atoms with E-state index in [0.29, 0.717) is 12.0 Å². The molecule has 4 nitrogen and oxygen atoms in total. The van der Waals surface area contributed by atoms with Crippen LogP contribution in [-0.2, 0) is 4.74 Å². The minimum Gasteiger partial charge on any atom is -0.385 e. The SMILES string of the molecule is CN=C(NCCCOC)NC(C)C(C)C. The van der Waals surface area contributed by atoms with Crippen LogP contribution in [0.2, 0.25) is 0 Å². The molecule has 0 rings (SSSR count). The van der Waals surface area contributed by atoms with Crippen LogP contribution < -0.4 is 10.6 Å². The topological polar surface area (TPSA) is 45.7 Å². The fourth-order valence-electron chi connectivity index (χ4n) is 1.00. The molecule has 0 aliphatic heterocycles. The number of hydrogen-bond acceptors (Lipinski definition) is 2. The van der Waals surface area contributed by atoms with Crippen LogP contribution in [0.3, 0.4) is 0 Å². The molecule has 15 heavy (non-hydrogen) atoms. The molecule has 90 valence electrons. The highest BCUT2D eigenvalue weighted by Gasteiger charge is 2.07. The van der Waals surface area contributed by atoms with Crippen molar-refractivity contribution in [3.05, 3.63) is 0 Å². The molecule has 0 aliphatic carbocycles. The Hall–Kier alpha value is -0.770. The Labute approximate surface area is 93.5 Å². The van der Waals surface area contributed by atoms with Crippen LogP contribution in [0.5, 0.6) is 0 Å². The molecule has 0 fully saturated rings. The second-order valence-corrected chi connectivity index (χ2v) is 4.02. The van der Waals surface area contributed by atoms with Crippen molar-refractivity contribution in [2.24, 2.45) is 10.9 Å². The first-order valence-electron chi connectivity index (χ1n) is 5.58. The van der Waals surface area contributed by atoms with E-state index in [1.807, 2.05) is 0 Å². The molecule has 0 amide bonds. The molecule has 1 unspecified atom stereocenters. The van der Waals surface area contributed by atoms with Crippen molar-refractivity contribution < 1.29 is 4.74 Å². The van der Waals surface area contributed by atoms with Gasteiger partial charge in [-0.05, 0) is 19.3 Å². The Kier molecular flexibility index (Phi) is 8.09. The number of nitrogens with zero attached hydrogens (tertiary/aromatic N) is 1. The highest BCUT2D eigenvalue weighted by molar-refractivity contribution is 5.79. The van der Waals surface area contributed by atoms with Crippen LogP contribution in [0.1, 0.15) is 27.2 Å². The zero-order chi connectivity index (χ0) is 11.7. The van der Waals surface area contributed by atoms with E-state index in [2.05, 4.69) is 36.4 Å². The molecule has 0 bridgehead atoms. The maximum atomic E-state index is 4.98. The highest BCUT2D eigenvalue weighted by atomic mass is 16.5. The average molecular weight is 215 g/mol. The third-order valence-electron chi connectivity index (χ3n) is 2.41. The molecule has 0 aromatic carbocycles. The summed E-state index contributed by atoms with van der Waals surface area (Å²) < 4.78 is 4.98. The van der Waals surface area contributed by atoms with E-state index in [4.69, 9.17) is 4.74 Å². The zero-order valence-electron chi connectivity index (χ0n) is 10.6. The fourth-order valence-corrected chi connectivity index (χ4v) is 1.00. The third kappa shape index (κ3) is 7.19. The summed E-state index contributed by atoms with van der Waals surface area (Å²) in [5.41, 5.74) is 0. The van der Waals surface area contributed by atoms with Gasteiger partial charge in [0, 0.05) is 33.4 Å². The van der Waals surface area contributed by atoms with Crippen LogP contribution in [0.25, 0.3) is 0 Å². The van der Waals surface area contributed by atoms with Gasteiger partial charge in [0.05, 0.1) is 0 Å². The van der Waals surface area contributed by atoms with Crippen molar-refractivity contribution in [3.8, 4) is 0 Å². The molecule has 0 spiro atoms. The number of guanidine groups is 1. The van der Waals surface area contributed by atoms with Crippen LogP contribution in [0.15, 0.2) is 4.99 Å². The largest absolute Gasteiger partial charge is 0.385 e. The predicted molar refractivity (Wildman–Crippen MR) is 65.3 cm³/mol. The molecule has 0 radical (unpaired) electrons. The second-order valence-electron chi connectivity index (χ2n) is 4.02. The lowest BCUT2D eigenvalue weighted by Crippen LogP contribution is -2.44. The van der Waals surface area contributed by atoms with Crippen molar-refractivity contribution in [1.29, 1.82) is 0 Å². The molecule has 1 atom stereocenters. The molecular formula is C11H25N3O. The van der Waals surface area contributed by atoms with E-state index in [1.54, 1.807) is 14.2 Å². The van der Waals surface area contributed by atoms with Gasteiger partial charge in [0.2, 0.25) is 0 Å². The number of ether oxygens (including phenoxy) is 1. The van der Waals surface area contributed by atoms with E-state index >= 15 is 0 Å². The summed E-state index contributed by atoms with van der Waals surface area (Å²) in [4.78, 5) is 4.16. The van der Waals surface area contributed by atoms with Gasteiger partial charge in [-0.25, -0.2) is 0 Å². The number of hydrogen-bond donors (Lipinski definition) is 2. The maximum absolute atomic E-state index is 4.98. The lowest BCUT2D eigenvalue weighted by molar-refractivity contribution is 0.195. The molecular weight excluding hydrogens is 190 g/mol. The van der Waals surface area contributed by atoms with E-state index < -0.39 is 0 Å². The lowest BCUT2D eigenvalue weighted by atomic mass is 10.1. The van der Waals surface area contributed by atoms with Crippen molar-refractivity contribution in [3.63, 3.8) is 0 Å². The maximum Gasteiger partial charge on any atom is 0.191 e. The number of rotatable bonds is 6. The summed E-state index contributed by atoms with van der Waals surface area (Å²) >= 11 is 0. The van der Waals surface area contributed by atoms with Gasteiger partial charge in [-0.15, -0.1) is 0 Å². The Balaban J connectivity index is 3.74. The van der Waals surface area contributed by atoms with Crippen molar-refractivity contribution in [2.45, 2.75) is 33.2 Å². The summed E-state index contributed by atoms with van der Waals surface area (Å²) in [5, 5.41) is 6.59. The quantitative estimate of drug-likeness (QED) is 0.398. The van der Waals surface area contributed by atoms with Gasteiger partial charge in [-0.2, -0.15) is 0 Å². The van der Waals surface area contributed by atoms with Crippen LogP contribution >= 0.6 is 0 Å². The minimum absolute atomic E-state index is 0.429. The Bertz CT molecular complexity index is 181. The van der Waals surface area contributed by atoms with E-state index in [0.717, 1.165) is 25.5 Å². The molecule has 0 aromatic rings. The molecule has 0 aromatic heterocycles. The number of nitrogens with one attached hydrogen (secondary N) is 2. The van der Waals surface area contributed by atoms with Crippen molar-refractivity contribution in [2.75, 3.05) is 27.3 Å². The summed E-state index contributed by atoms with van der Waals surface area (Å²) in [6.45, 7) is 8.21. The molecule has 0 aliphatic rings. The van der Waals surface area contributed by atoms with Gasteiger partial charge in [0.1, 0.15) is 0 Å². The van der Waals surface area contributed by atoms with Gasteiger partial charge < -0.3 is 15.4 Å².